The zero-order valence-electron chi connectivity index (χ0n) is 23.0. The second kappa shape index (κ2) is 9.00. The SMILES string of the molecule is C[C@@H]1CC[C@@]23CCC(=O)[C@H]2[C@@]1(C)[C@H](C(Oc1ccc2c(c1F)B(O)OC2)C(=O)O)C[C@@](C)([C@@H]1CO1)[C@@H](O)[C@@H]3C. The number of carboxylic acids is 1. The normalized spacial score (nSPS) is 43.8. The number of carbonyl (C=O) groups excluding carboxylic acids is 1. The lowest BCUT2D eigenvalue weighted by Crippen LogP contribution is -2.64. The van der Waals surface area contributed by atoms with Crippen LogP contribution in [-0.2, 0) is 25.6 Å². The molecule has 0 aromatic heterocycles. The van der Waals surface area contributed by atoms with Crippen molar-refractivity contribution < 1.29 is 43.3 Å². The number of hydrogen-bond acceptors (Lipinski definition) is 7. The molecular formula is C29H38BFO8. The van der Waals surface area contributed by atoms with E-state index in [2.05, 4.69) is 6.92 Å². The van der Waals surface area contributed by atoms with E-state index in [1.54, 1.807) is 6.07 Å². The van der Waals surface area contributed by atoms with E-state index in [4.69, 9.17) is 14.1 Å². The Morgan fingerprint density at radius 2 is 1.97 bits per heavy atom. The number of rotatable bonds is 5. The van der Waals surface area contributed by atoms with Gasteiger partial charge in [0.2, 0.25) is 0 Å². The first kappa shape index (κ1) is 27.2. The summed E-state index contributed by atoms with van der Waals surface area (Å²) in [5, 5.41) is 32.7. The molecule has 3 saturated carbocycles. The van der Waals surface area contributed by atoms with Crippen LogP contribution in [0.15, 0.2) is 12.1 Å². The van der Waals surface area contributed by atoms with E-state index in [1.165, 1.54) is 6.07 Å². The van der Waals surface area contributed by atoms with Crippen LogP contribution in [0.1, 0.15) is 65.4 Å². The molecule has 39 heavy (non-hydrogen) atoms. The second-order valence-corrected chi connectivity index (χ2v) is 13.3. The van der Waals surface area contributed by atoms with Crippen molar-refractivity contribution in [1.29, 1.82) is 0 Å². The molecule has 10 heteroatoms. The molecule has 2 aliphatic heterocycles. The summed E-state index contributed by atoms with van der Waals surface area (Å²) in [6.07, 6.45) is 0.380. The highest BCUT2D eigenvalue weighted by atomic mass is 19.1. The summed E-state index contributed by atoms with van der Waals surface area (Å²) in [5.41, 5.74) is -1.55. The molecule has 5 aliphatic rings. The molecule has 0 radical (unpaired) electrons. The topological polar surface area (TPSA) is 126 Å². The monoisotopic (exact) mass is 544 g/mol. The van der Waals surface area contributed by atoms with E-state index in [9.17, 15) is 24.8 Å². The van der Waals surface area contributed by atoms with Crippen molar-refractivity contribution in [2.75, 3.05) is 6.61 Å². The number of aliphatic hydroxyl groups is 1. The predicted molar refractivity (Wildman–Crippen MR) is 139 cm³/mol. The summed E-state index contributed by atoms with van der Waals surface area (Å²) in [6.45, 7) is 8.64. The van der Waals surface area contributed by atoms with E-state index in [1.807, 2.05) is 20.8 Å². The fourth-order valence-corrected chi connectivity index (χ4v) is 9.25. The Morgan fingerprint density at radius 3 is 2.64 bits per heavy atom. The number of benzene rings is 1. The fourth-order valence-electron chi connectivity index (χ4n) is 9.25. The van der Waals surface area contributed by atoms with Gasteiger partial charge >= 0.3 is 13.1 Å². The zero-order valence-corrected chi connectivity index (χ0v) is 23.0. The summed E-state index contributed by atoms with van der Waals surface area (Å²) < 4.78 is 32.6. The van der Waals surface area contributed by atoms with Gasteiger partial charge in [-0.05, 0) is 60.0 Å². The molecule has 0 amide bonds. The molecule has 2 heterocycles. The highest BCUT2D eigenvalue weighted by molar-refractivity contribution is 6.61. The van der Waals surface area contributed by atoms with Crippen LogP contribution >= 0.6 is 0 Å². The highest BCUT2D eigenvalue weighted by Crippen LogP contribution is 2.70. The molecule has 1 aromatic carbocycles. The van der Waals surface area contributed by atoms with Crippen LogP contribution in [-0.4, -0.2) is 59.0 Å². The van der Waals surface area contributed by atoms with Gasteiger partial charge in [0.25, 0.3) is 0 Å². The molecule has 1 aromatic rings. The maximum Gasteiger partial charge on any atom is 0.494 e. The van der Waals surface area contributed by atoms with Crippen LogP contribution in [0.5, 0.6) is 5.75 Å². The van der Waals surface area contributed by atoms with Crippen molar-refractivity contribution in [3.8, 4) is 5.75 Å². The van der Waals surface area contributed by atoms with Crippen molar-refractivity contribution in [2.45, 2.75) is 84.7 Å². The molecule has 0 spiro atoms. The standard InChI is InChI=1S/C29H38BFO8/c1-14-7-9-29-10-8-18(32)24(29)28(14,4)17(11-27(3,20-13-37-20)25(33)15(29)2)23(26(34)35)39-19-6-5-16-12-38-30(36)21(16)22(19)31/h5-6,14-15,17,20,23-25,33,36H,7-13H2,1-4H3,(H,34,35)/t14-,15+,17+,20+,23?,24+,25+,27+,28-,29+/m1/s1. The molecule has 3 N–H and O–H groups in total. The number of epoxide rings is 1. The van der Waals surface area contributed by atoms with Gasteiger partial charge in [-0.15, -0.1) is 0 Å². The quantitative estimate of drug-likeness (QED) is 0.382. The Balaban J connectivity index is 1.50. The first-order valence-electron chi connectivity index (χ1n) is 14.2. The molecule has 10 atom stereocenters. The van der Waals surface area contributed by atoms with Gasteiger partial charge in [-0.2, -0.15) is 0 Å². The van der Waals surface area contributed by atoms with E-state index in [0.717, 1.165) is 12.8 Å². The largest absolute Gasteiger partial charge is 0.494 e. The van der Waals surface area contributed by atoms with Gasteiger partial charge in [-0.25, -0.2) is 9.18 Å². The Bertz CT molecular complexity index is 1210. The second-order valence-electron chi connectivity index (χ2n) is 13.3. The molecule has 3 aliphatic carbocycles. The molecule has 4 fully saturated rings. The minimum atomic E-state index is -1.49. The van der Waals surface area contributed by atoms with Crippen molar-refractivity contribution >= 4 is 24.3 Å². The summed E-state index contributed by atoms with van der Waals surface area (Å²) in [4.78, 5) is 26.7. The Morgan fingerprint density at radius 1 is 1.26 bits per heavy atom. The van der Waals surface area contributed by atoms with Crippen molar-refractivity contribution in [3.63, 3.8) is 0 Å². The van der Waals surface area contributed by atoms with Crippen LogP contribution in [0.25, 0.3) is 0 Å². The number of halogens is 1. The van der Waals surface area contributed by atoms with Crippen molar-refractivity contribution in [3.05, 3.63) is 23.5 Å². The zero-order chi connectivity index (χ0) is 28.1. The number of fused-ring (bicyclic) bond motifs is 1. The van der Waals surface area contributed by atoms with Gasteiger partial charge in [0.05, 0.1) is 25.4 Å². The van der Waals surface area contributed by atoms with Crippen LogP contribution < -0.4 is 10.2 Å². The van der Waals surface area contributed by atoms with Gasteiger partial charge < -0.3 is 29.4 Å². The molecule has 8 nitrogen and oxygen atoms in total. The average Bonchev–Trinajstić information content (AvgIpc) is 3.61. The number of ketones is 1. The lowest BCUT2D eigenvalue weighted by molar-refractivity contribution is -0.201. The van der Waals surface area contributed by atoms with Crippen LogP contribution in [0.4, 0.5) is 4.39 Å². The van der Waals surface area contributed by atoms with Crippen molar-refractivity contribution in [1.82, 2.24) is 0 Å². The average molecular weight is 544 g/mol. The Kier molecular flexibility index (Phi) is 6.27. The Labute approximate surface area is 228 Å². The molecule has 1 saturated heterocycles. The summed E-state index contributed by atoms with van der Waals surface area (Å²) in [7, 11) is -1.45. The molecule has 2 bridgehead atoms. The molecular weight excluding hydrogens is 506 g/mol. The minimum Gasteiger partial charge on any atom is -0.478 e. The number of carbonyl (C=O) groups is 2. The fraction of sp³-hybridized carbons (Fsp3) is 0.724. The lowest BCUT2D eigenvalue weighted by atomic mass is 9.41. The maximum atomic E-state index is 15.6. The minimum absolute atomic E-state index is 0.0000269. The number of carboxylic acid groups (broad SMARTS) is 1. The molecule has 6 rings (SSSR count). The van der Waals surface area contributed by atoms with Gasteiger partial charge in [0.15, 0.2) is 17.7 Å². The highest BCUT2D eigenvalue weighted by Gasteiger charge is 2.70. The smallest absolute Gasteiger partial charge is 0.478 e. The maximum absolute atomic E-state index is 15.6. The van der Waals surface area contributed by atoms with Crippen LogP contribution in [0.2, 0.25) is 0 Å². The number of ether oxygens (including phenoxy) is 2. The summed E-state index contributed by atoms with van der Waals surface area (Å²) >= 11 is 0. The molecule has 212 valence electrons. The predicted octanol–water partition coefficient (Wildman–Crippen LogP) is 2.70. The van der Waals surface area contributed by atoms with Crippen LogP contribution in [0.3, 0.4) is 0 Å². The Hall–Kier alpha value is -2.01. The first-order valence-corrected chi connectivity index (χ1v) is 14.2. The van der Waals surface area contributed by atoms with E-state index >= 15 is 4.39 Å². The first-order chi connectivity index (χ1) is 18.4. The summed E-state index contributed by atoms with van der Waals surface area (Å²) in [6, 6.07) is 2.96. The number of aliphatic hydroxyl groups excluding tert-OH is 1. The van der Waals surface area contributed by atoms with E-state index in [-0.39, 0.29) is 48.0 Å². The van der Waals surface area contributed by atoms with Gasteiger partial charge in [-0.3, -0.25) is 4.79 Å². The van der Waals surface area contributed by atoms with Gasteiger partial charge in [-0.1, -0.05) is 33.8 Å². The van der Waals surface area contributed by atoms with Gasteiger partial charge in [0, 0.05) is 29.1 Å². The number of hydrogen-bond donors (Lipinski definition) is 3. The third-order valence-corrected chi connectivity index (χ3v) is 11.8. The summed E-state index contributed by atoms with van der Waals surface area (Å²) in [5.74, 6) is -3.58. The third-order valence-electron chi connectivity index (χ3n) is 11.8. The third kappa shape index (κ3) is 3.70. The van der Waals surface area contributed by atoms with E-state index in [0.29, 0.717) is 25.0 Å². The number of Topliss-reactive ketones (excluding diaryl/α,β-unsaturated/α-hetero) is 1. The molecule has 1 unspecified atom stereocenters. The van der Waals surface area contributed by atoms with Crippen LogP contribution in [0, 0.1) is 45.7 Å². The lowest BCUT2D eigenvalue weighted by Gasteiger charge is -2.63. The number of aliphatic carboxylic acids is 1. The van der Waals surface area contributed by atoms with E-state index < -0.39 is 59.2 Å². The van der Waals surface area contributed by atoms with Crippen molar-refractivity contribution in [2.24, 2.45) is 39.9 Å². The van der Waals surface area contributed by atoms with Gasteiger partial charge in [0.1, 0.15) is 5.78 Å².